The number of rotatable bonds is 4. The summed E-state index contributed by atoms with van der Waals surface area (Å²) in [6.07, 6.45) is 1.67. The van der Waals surface area contributed by atoms with Gasteiger partial charge in [0.1, 0.15) is 5.75 Å². The van der Waals surface area contributed by atoms with Gasteiger partial charge in [0.2, 0.25) is 5.91 Å². The quantitative estimate of drug-likeness (QED) is 0.916. The molecule has 1 aromatic carbocycles. The van der Waals surface area contributed by atoms with Crippen molar-refractivity contribution in [1.29, 1.82) is 0 Å². The third-order valence-corrected chi connectivity index (χ3v) is 3.67. The highest BCUT2D eigenvalue weighted by Crippen LogP contribution is 2.19. The normalized spacial score (nSPS) is 18.9. The number of carbonyl (C=O) groups excluding carboxylic acids is 1. The van der Waals surface area contributed by atoms with Crippen LogP contribution in [0.15, 0.2) is 18.2 Å². The number of piperidine rings is 1. The number of β-amino-alcohol motifs (C(OH)–C–C–N with tert-alkyl or cyclic N) is 1. The Morgan fingerprint density at radius 1 is 1.45 bits per heavy atom. The van der Waals surface area contributed by atoms with Crippen molar-refractivity contribution in [3.8, 4) is 5.75 Å². The number of hydrogen-bond acceptors (Lipinski definition) is 3. The van der Waals surface area contributed by atoms with Gasteiger partial charge in [-0.25, -0.2) is 0 Å². The van der Waals surface area contributed by atoms with Crippen LogP contribution in [0.1, 0.15) is 30.4 Å². The van der Waals surface area contributed by atoms with Crippen LogP contribution in [0.25, 0.3) is 0 Å². The van der Waals surface area contributed by atoms with Crippen LogP contribution in [0.2, 0.25) is 0 Å². The highest BCUT2D eigenvalue weighted by Gasteiger charge is 2.21. The molecule has 0 aromatic heterocycles. The summed E-state index contributed by atoms with van der Waals surface area (Å²) in [6.45, 7) is 5.61. The summed E-state index contributed by atoms with van der Waals surface area (Å²) in [4.78, 5) is 13.8. The number of ether oxygens (including phenoxy) is 1. The van der Waals surface area contributed by atoms with E-state index >= 15 is 0 Å². The minimum Gasteiger partial charge on any atom is -0.493 e. The van der Waals surface area contributed by atoms with E-state index in [-0.39, 0.29) is 12.0 Å². The van der Waals surface area contributed by atoms with E-state index in [9.17, 15) is 9.90 Å². The smallest absolute Gasteiger partial charge is 0.226 e. The largest absolute Gasteiger partial charge is 0.493 e. The number of aliphatic hydroxyl groups is 1. The predicted octanol–water partition coefficient (Wildman–Crippen LogP) is 2.06. The van der Waals surface area contributed by atoms with Gasteiger partial charge in [-0.15, -0.1) is 0 Å². The van der Waals surface area contributed by atoms with Crippen LogP contribution < -0.4 is 4.74 Å². The second kappa shape index (κ2) is 6.75. The Balaban J connectivity index is 1.80. The minimum absolute atomic E-state index is 0.0639. The fraction of sp³-hybridized carbons (Fsp3) is 0.562. The van der Waals surface area contributed by atoms with E-state index in [1.807, 2.05) is 32.0 Å². The maximum Gasteiger partial charge on any atom is 0.226 e. The number of amides is 1. The topological polar surface area (TPSA) is 49.8 Å². The Morgan fingerprint density at radius 3 is 3.00 bits per heavy atom. The van der Waals surface area contributed by atoms with Gasteiger partial charge >= 0.3 is 0 Å². The van der Waals surface area contributed by atoms with Crippen LogP contribution in [0.5, 0.6) is 5.75 Å². The molecule has 0 unspecified atom stereocenters. The zero-order valence-corrected chi connectivity index (χ0v) is 12.3. The number of hydrogen-bond donors (Lipinski definition) is 1. The van der Waals surface area contributed by atoms with Gasteiger partial charge in [0.15, 0.2) is 0 Å². The fourth-order valence-corrected chi connectivity index (χ4v) is 2.45. The molecule has 1 aliphatic heterocycles. The van der Waals surface area contributed by atoms with Gasteiger partial charge in [-0.05, 0) is 43.9 Å². The molecule has 4 heteroatoms. The number of benzene rings is 1. The Bertz CT molecular complexity index is 473. The number of aliphatic hydroxyl groups excluding tert-OH is 1. The van der Waals surface area contributed by atoms with E-state index < -0.39 is 0 Å². The van der Waals surface area contributed by atoms with E-state index in [0.717, 1.165) is 36.3 Å². The lowest BCUT2D eigenvalue weighted by Gasteiger charge is -2.30. The molecule has 110 valence electrons. The van der Waals surface area contributed by atoms with Gasteiger partial charge in [-0.1, -0.05) is 12.1 Å². The molecule has 1 atom stereocenters. The van der Waals surface area contributed by atoms with Crippen LogP contribution in [0, 0.1) is 13.8 Å². The number of carbonyl (C=O) groups is 1. The molecule has 1 aromatic rings. The molecule has 1 heterocycles. The lowest BCUT2D eigenvalue weighted by molar-refractivity contribution is -0.134. The van der Waals surface area contributed by atoms with Crippen molar-refractivity contribution in [3.63, 3.8) is 0 Å². The first-order chi connectivity index (χ1) is 9.56. The summed E-state index contributed by atoms with van der Waals surface area (Å²) in [7, 11) is 0. The molecule has 20 heavy (non-hydrogen) atoms. The Labute approximate surface area is 120 Å². The zero-order valence-electron chi connectivity index (χ0n) is 12.3. The molecule has 1 N–H and O–H groups in total. The van der Waals surface area contributed by atoms with Crippen LogP contribution in [0.4, 0.5) is 0 Å². The molecule has 0 aliphatic carbocycles. The lowest BCUT2D eigenvalue weighted by atomic mass is 10.1. The Hall–Kier alpha value is -1.55. The monoisotopic (exact) mass is 277 g/mol. The van der Waals surface area contributed by atoms with E-state index in [4.69, 9.17) is 4.74 Å². The van der Waals surface area contributed by atoms with E-state index in [1.165, 1.54) is 0 Å². The minimum atomic E-state index is -0.368. The highest BCUT2D eigenvalue weighted by molar-refractivity contribution is 5.76. The maximum atomic E-state index is 12.0. The summed E-state index contributed by atoms with van der Waals surface area (Å²) in [5, 5.41) is 9.57. The molecular weight excluding hydrogens is 254 g/mol. The van der Waals surface area contributed by atoms with Gasteiger partial charge < -0.3 is 14.7 Å². The third kappa shape index (κ3) is 3.97. The first-order valence-corrected chi connectivity index (χ1v) is 7.22. The molecule has 0 spiro atoms. The predicted molar refractivity (Wildman–Crippen MR) is 77.8 cm³/mol. The Morgan fingerprint density at radius 2 is 2.25 bits per heavy atom. The van der Waals surface area contributed by atoms with Crippen molar-refractivity contribution in [3.05, 3.63) is 29.3 Å². The number of nitrogens with zero attached hydrogens (tertiary/aromatic N) is 1. The second-order valence-corrected chi connectivity index (χ2v) is 5.50. The second-order valence-electron chi connectivity index (χ2n) is 5.50. The molecule has 1 saturated heterocycles. The Kier molecular flexibility index (Phi) is 5.01. The molecular formula is C16H23NO3. The van der Waals surface area contributed by atoms with Crippen LogP contribution in [0.3, 0.4) is 0 Å². The van der Waals surface area contributed by atoms with Crippen molar-refractivity contribution in [2.75, 3.05) is 19.7 Å². The van der Waals surface area contributed by atoms with Crippen LogP contribution in [-0.4, -0.2) is 41.7 Å². The molecule has 1 aliphatic rings. The van der Waals surface area contributed by atoms with Crippen molar-refractivity contribution >= 4 is 5.91 Å². The lowest BCUT2D eigenvalue weighted by Crippen LogP contribution is -2.42. The molecule has 4 nitrogen and oxygen atoms in total. The third-order valence-electron chi connectivity index (χ3n) is 3.67. The van der Waals surface area contributed by atoms with Crippen LogP contribution >= 0.6 is 0 Å². The molecule has 0 bridgehead atoms. The van der Waals surface area contributed by atoms with Crippen molar-refractivity contribution < 1.29 is 14.6 Å². The van der Waals surface area contributed by atoms with E-state index in [0.29, 0.717) is 19.6 Å². The van der Waals surface area contributed by atoms with E-state index in [2.05, 4.69) is 0 Å². The fourth-order valence-electron chi connectivity index (χ4n) is 2.45. The molecule has 2 rings (SSSR count). The van der Waals surface area contributed by atoms with Gasteiger partial charge in [0.05, 0.1) is 19.1 Å². The molecule has 1 fully saturated rings. The van der Waals surface area contributed by atoms with Gasteiger partial charge in [-0.2, -0.15) is 0 Å². The van der Waals surface area contributed by atoms with Gasteiger partial charge in [-0.3, -0.25) is 4.79 Å². The van der Waals surface area contributed by atoms with Crippen molar-refractivity contribution in [2.45, 2.75) is 39.2 Å². The first kappa shape index (κ1) is 14.9. The first-order valence-electron chi connectivity index (χ1n) is 7.22. The standard InChI is InChI=1S/C16H23NO3/c1-12-5-6-13(2)15(10-12)20-9-7-16(19)17-8-3-4-14(18)11-17/h5-6,10,14,18H,3-4,7-9,11H2,1-2H3/t14-/m0/s1. The summed E-state index contributed by atoms with van der Waals surface area (Å²) in [6, 6.07) is 6.06. The van der Waals surface area contributed by atoms with Crippen molar-refractivity contribution in [2.24, 2.45) is 0 Å². The average molecular weight is 277 g/mol. The summed E-state index contributed by atoms with van der Waals surface area (Å²) in [5.74, 6) is 0.908. The zero-order chi connectivity index (χ0) is 14.5. The molecule has 0 radical (unpaired) electrons. The number of aryl methyl sites for hydroxylation is 2. The summed E-state index contributed by atoms with van der Waals surface area (Å²) in [5.41, 5.74) is 2.23. The summed E-state index contributed by atoms with van der Waals surface area (Å²) >= 11 is 0. The number of likely N-dealkylation sites (tertiary alicyclic amines) is 1. The van der Waals surface area contributed by atoms with Gasteiger partial charge in [0, 0.05) is 13.1 Å². The summed E-state index contributed by atoms with van der Waals surface area (Å²) < 4.78 is 5.70. The highest BCUT2D eigenvalue weighted by atomic mass is 16.5. The van der Waals surface area contributed by atoms with E-state index in [1.54, 1.807) is 4.90 Å². The average Bonchev–Trinajstić information content (AvgIpc) is 2.42. The van der Waals surface area contributed by atoms with Crippen molar-refractivity contribution in [1.82, 2.24) is 4.90 Å². The maximum absolute atomic E-state index is 12.0. The molecule has 1 amide bonds. The SMILES string of the molecule is Cc1ccc(C)c(OCCC(=O)N2CCC[C@H](O)C2)c1. The van der Waals surface area contributed by atoms with Crippen LogP contribution in [-0.2, 0) is 4.79 Å². The molecule has 0 saturated carbocycles. The van der Waals surface area contributed by atoms with Gasteiger partial charge in [0.25, 0.3) is 0 Å².